The van der Waals surface area contributed by atoms with Crippen molar-refractivity contribution in [3.63, 3.8) is 0 Å². The molecule has 0 radical (unpaired) electrons. The van der Waals surface area contributed by atoms with E-state index in [2.05, 4.69) is 25.1 Å². The third-order valence-electron chi connectivity index (χ3n) is 1.79. The van der Waals surface area contributed by atoms with Crippen molar-refractivity contribution in [1.29, 1.82) is 0 Å². The molecule has 0 spiro atoms. The predicted octanol–water partition coefficient (Wildman–Crippen LogP) is 0.400. The third kappa shape index (κ3) is 2.25. The average Bonchev–Trinajstić information content (AvgIpc) is 1.99. The van der Waals surface area contributed by atoms with E-state index in [-0.39, 0.29) is 0 Å². The molecule has 0 aliphatic heterocycles. The minimum atomic E-state index is 0.742. The fourth-order valence-electron chi connectivity index (χ4n) is 1.02. The Bertz CT molecular complexity index is 245. The molecule has 1 aromatic carbocycles. The van der Waals surface area contributed by atoms with Crippen molar-refractivity contribution in [2.24, 2.45) is 0 Å². The van der Waals surface area contributed by atoms with Crippen molar-refractivity contribution in [1.82, 2.24) is 0 Å². The van der Waals surface area contributed by atoms with Crippen LogP contribution in [0, 0.1) is 6.92 Å². The Kier molecular flexibility index (Phi) is 3.48. The molecule has 0 unspecified atom stereocenters. The van der Waals surface area contributed by atoms with Crippen LogP contribution in [0.1, 0.15) is 11.1 Å². The molecule has 0 amide bonds. The first-order chi connectivity index (χ1) is 5.25. The molecule has 0 bridgehead atoms. The second kappa shape index (κ2) is 4.18. The Labute approximate surface area is 82.6 Å². The van der Waals surface area contributed by atoms with Crippen LogP contribution in [-0.2, 0) is 11.3 Å². The summed E-state index contributed by atoms with van der Waals surface area (Å²) in [5.41, 5.74) is 2.74. The molecule has 0 N–H and O–H groups in total. The third-order valence-corrected chi connectivity index (χ3v) is 4.22. The normalized spacial score (nSPS) is 10.1. The Morgan fingerprint density at radius 3 is 2.82 bits per heavy atom. The second-order valence-corrected chi connectivity index (χ2v) is 4.98. The molecule has 0 saturated heterocycles. The maximum absolute atomic E-state index is 5.08. The van der Waals surface area contributed by atoms with Crippen LogP contribution in [-0.4, -0.2) is 31.8 Å². The van der Waals surface area contributed by atoms with Crippen LogP contribution in [0.3, 0.4) is 0 Å². The Hall–Kier alpha value is 0.0631. The molecule has 60 valence electrons. The van der Waals surface area contributed by atoms with Gasteiger partial charge >= 0.3 is 82.7 Å². The van der Waals surface area contributed by atoms with Crippen LogP contribution in [0.15, 0.2) is 18.2 Å². The number of ether oxygens (including phenoxy) is 1. The van der Waals surface area contributed by atoms with Gasteiger partial charge in [0.1, 0.15) is 0 Å². The van der Waals surface area contributed by atoms with Crippen LogP contribution in [0.4, 0.5) is 0 Å². The van der Waals surface area contributed by atoms with E-state index in [1.807, 2.05) is 0 Å². The number of methoxy groups -OCH3 is 1. The van der Waals surface area contributed by atoms with Crippen molar-refractivity contribution in [3.05, 3.63) is 29.3 Å². The van der Waals surface area contributed by atoms with Crippen LogP contribution in [0.25, 0.3) is 0 Å². The molecular weight excluding hydrogens is 333 g/mol. The van der Waals surface area contributed by atoms with Crippen molar-refractivity contribution >= 4 is 28.0 Å². The zero-order valence-electron chi connectivity index (χ0n) is 6.92. The van der Waals surface area contributed by atoms with E-state index in [0.717, 1.165) is 31.3 Å². The van der Waals surface area contributed by atoms with Gasteiger partial charge in [0.05, 0.1) is 0 Å². The molecule has 0 fully saturated rings. The summed E-state index contributed by atoms with van der Waals surface area (Å²) in [6.45, 7) is 2.91. The summed E-state index contributed by atoms with van der Waals surface area (Å²) in [5.74, 6) is 0. The summed E-state index contributed by atoms with van der Waals surface area (Å²) >= 11 is 0.928. The molecule has 1 rings (SSSR count). The van der Waals surface area contributed by atoms with Crippen molar-refractivity contribution in [2.75, 3.05) is 7.11 Å². The number of rotatable bonds is 2. The number of hydrogen-bond acceptors (Lipinski definition) is 1. The van der Waals surface area contributed by atoms with Crippen LogP contribution < -0.4 is 3.27 Å². The summed E-state index contributed by atoms with van der Waals surface area (Å²) in [5, 5.41) is 0. The van der Waals surface area contributed by atoms with Crippen molar-refractivity contribution in [3.8, 4) is 0 Å². The van der Waals surface area contributed by atoms with E-state index < -0.39 is 0 Å². The van der Waals surface area contributed by atoms with Gasteiger partial charge in [0.25, 0.3) is 0 Å². The summed E-state index contributed by atoms with van der Waals surface area (Å²) in [6, 6.07) is 6.43. The number of hydrogen-bond donors (Lipinski definition) is 0. The summed E-state index contributed by atoms with van der Waals surface area (Å²) in [4.78, 5) is 0. The molecule has 0 aliphatic rings. The first-order valence-corrected chi connectivity index (χ1v) is 5.83. The molecule has 0 aliphatic carbocycles. The SMILES string of the molecule is COCc1ccc[c]([BiH2])c1C. The van der Waals surface area contributed by atoms with Gasteiger partial charge in [-0.1, -0.05) is 0 Å². The van der Waals surface area contributed by atoms with Gasteiger partial charge in [-0.2, -0.15) is 0 Å². The maximum atomic E-state index is 5.08. The minimum absolute atomic E-state index is 0.742. The van der Waals surface area contributed by atoms with Gasteiger partial charge in [-0.05, 0) is 0 Å². The van der Waals surface area contributed by atoms with E-state index in [4.69, 9.17) is 4.74 Å². The van der Waals surface area contributed by atoms with E-state index in [1.54, 1.807) is 7.11 Å². The van der Waals surface area contributed by atoms with Crippen LogP contribution in [0.5, 0.6) is 0 Å². The molecule has 1 aromatic rings. The quantitative estimate of drug-likeness (QED) is 0.705. The molecule has 11 heavy (non-hydrogen) atoms. The monoisotopic (exact) mass is 346 g/mol. The van der Waals surface area contributed by atoms with E-state index in [1.165, 1.54) is 14.4 Å². The van der Waals surface area contributed by atoms with E-state index in [9.17, 15) is 0 Å². The summed E-state index contributed by atoms with van der Waals surface area (Å²) in [6.07, 6.45) is 0. The summed E-state index contributed by atoms with van der Waals surface area (Å²) < 4.78 is 6.58. The van der Waals surface area contributed by atoms with Gasteiger partial charge in [0, 0.05) is 0 Å². The molecule has 0 heterocycles. The molecular formula is C9H13BiO. The van der Waals surface area contributed by atoms with Crippen LogP contribution in [0.2, 0.25) is 0 Å². The summed E-state index contributed by atoms with van der Waals surface area (Å²) in [7, 11) is 1.74. The van der Waals surface area contributed by atoms with Crippen molar-refractivity contribution in [2.45, 2.75) is 13.5 Å². The molecule has 2 heteroatoms. The van der Waals surface area contributed by atoms with Gasteiger partial charge in [0.2, 0.25) is 0 Å². The van der Waals surface area contributed by atoms with Crippen LogP contribution >= 0.6 is 0 Å². The number of benzene rings is 1. The first kappa shape index (κ1) is 9.15. The standard InChI is InChI=1S/C9H11O.Bi.2H/c1-8-5-3-4-6-9(8)7-10-2;;;/h3-4,6H,7H2,1-2H3;;;. The van der Waals surface area contributed by atoms with Gasteiger partial charge in [-0.25, -0.2) is 0 Å². The van der Waals surface area contributed by atoms with Gasteiger partial charge in [0.15, 0.2) is 0 Å². The molecule has 0 saturated carbocycles. The van der Waals surface area contributed by atoms with E-state index >= 15 is 0 Å². The molecule has 1 nitrogen and oxygen atoms in total. The first-order valence-electron chi connectivity index (χ1n) is 3.58. The van der Waals surface area contributed by atoms with Gasteiger partial charge < -0.3 is 0 Å². The fraction of sp³-hybridized carbons (Fsp3) is 0.333. The zero-order chi connectivity index (χ0) is 8.27. The predicted molar refractivity (Wildman–Crippen MR) is 50.1 cm³/mol. The molecule has 0 aromatic heterocycles. The molecule has 0 atom stereocenters. The Balaban J connectivity index is 2.96. The van der Waals surface area contributed by atoms with Gasteiger partial charge in [-0.15, -0.1) is 0 Å². The topological polar surface area (TPSA) is 9.23 Å². The second-order valence-electron chi connectivity index (χ2n) is 2.56. The van der Waals surface area contributed by atoms with Crippen molar-refractivity contribution < 1.29 is 4.74 Å². The van der Waals surface area contributed by atoms with E-state index in [0.29, 0.717) is 0 Å². The Morgan fingerprint density at radius 2 is 2.18 bits per heavy atom. The fourth-order valence-corrected chi connectivity index (χ4v) is 2.17. The Morgan fingerprint density at radius 1 is 1.45 bits per heavy atom. The zero-order valence-corrected chi connectivity index (χ0v) is 11.4. The average molecular weight is 346 g/mol. The van der Waals surface area contributed by atoms with Gasteiger partial charge in [-0.3, -0.25) is 0 Å².